The molecule has 1 aliphatic rings. The Balaban J connectivity index is 1.95. The summed E-state index contributed by atoms with van der Waals surface area (Å²) in [4.78, 5) is 8.77. The molecule has 5 nitrogen and oxygen atoms in total. The Morgan fingerprint density at radius 1 is 1.39 bits per heavy atom. The number of hydrogen-bond acceptors (Lipinski definition) is 5. The first-order chi connectivity index (χ1) is 8.69. The molecule has 0 aliphatic carbocycles. The molecule has 1 aromatic rings. The van der Waals surface area contributed by atoms with E-state index in [1.165, 1.54) is 0 Å². The van der Waals surface area contributed by atoms with E-state index in [4.69, 9.17) is 4.74 Å². The lowest BCUT2D eigenvalue weighted by atomic mass is 10.0. The molecule has 0 amide bonds. The Bertz CT molecular complexity index is 397. The maximum atomic E-state index is 5.55. The van der Waals surface area contributed by atoms with Gasteiger partial charge in [0.2, 0.25) is 5.95 Å². The van der Waals surface area contributed by atoms with Gasteiger partial charge in [0, 0.05) is 37.4 Å². The van der Waals surface area contributed by atoms with Crippen LogP contribution in [0.25, 0.3) is 0 Å². The number of rotatable bonds is 5. The van der Waals surface area contributed by atoms with Gasteiger partial charge in [0.1, 0.15) is 5.82 Å². The first-order valence-corrected chi connectivity index (χ1v) is 6.64. The summed E-state index contributed by atoms with van der Waals surface area (Å²) in [6, 6.07) is 1.97. The SMILES string of the molecule is CCNc1nc(C)cc(NCC2CCOC2C)n1. The molecule has 0 radical (unpaired) electrons. The Labute approximate surface area is 108 Å². The molecule has 0 saturated carbocycles. The van der Waals surface area contributed by atoms with Crippen LogP contribution >= 0.6 is 0 Å². The van der Waals surface area contributed by atoms with Crippen LogP contribution in [-0.4, -0.2) is 35.8 Å². The number of nitrogens with one attached hydrogen (secondary N) is 2. The van der Waals surface area contributed by atoms with Crippen molar-refractivity contribution in [3.8, 4) is 0 Å². The summed E-state index contributed by atoms with van der Waals surface area (Å²) in [5.41, 5.74) is 0.971. The van der Waals surface area contributed by atoms with Gasteiger partial charge in [0.15, 0.2) is 0 Å². The summed E-state index contributed by atoms with van der Waals surface area (Å²) < 4.78 is 5.55. The third kappa shape index (κ3) is 3.32. The van der Waals surface area contributed by atoms with Crippen LogP contribution in [0.2, 0.25) is 0 Å². The molecule has 5 heteroatoms. The van der Waals surface area contributed by atoms with Crippen molar-refractivity contribution in [2.45, 2.75) is 33.3 Å². The van der Waals surface area contributed by atoms with Gasteiger partial charge in [-0.3, -0.25) is 0 Å². The van der Waals surface area contributed by atoms with Gasteiger partial charge in [0.25, 0.3) is 0 Å². The van der Waals surface area contributed by atoms with Crippen LogP contribution in [0.3, 0.4) is 0 Å². The summed E-state index contributed by atoms with van der Waals surface area (Å²) in [5, 5.41) is 6.52. The van der Waals surface area contributed by atoms with E-state index in [0.717, 1.165) is 37.6 Å². The minimum atomic E-state index is 0.341. The zero-order chi connectivity index (χ0) is 13.0. The molecule has 18 heavy (non-hydrogen) atoms. The fraction of sp³-hybridized carbons (Fsp3) is 0.692. The van der Waals surface area contributed by atoms with Gasteiger partial charge in [-0.05, 0) is 27.2 Å². The normalized spacial score (nSPS) is 23.1. The summed E-state index contributed by atoms with van der Waals surface area (Å²) in [6.45, 7) is 8.76. The first kappa shape index (κ1) is 13.1. The largest absolute Gasteiger partial charge is 0.378 e. The molecule has 1 fully saturated rings. The zero-order valence-electron chi connectivity index (χ0n) is 11.4. The predicted molar refractivity (Wildman–Crippen MR) is 72.9 cm³/mol. The number of aromatic nitrogens is 2. The van der Waals surface area contributed by atoms with E-state index in [1.807, 2.05) is 19.9 Å². The molecular formula is C13H22N4O. The number of nitrogens with zero attached hydrogens (tertiary/aromatic N) is 2. The van der Waals surface area contributed by atoms with E-state index in [-0.39, 0.29) is 0 Å². The Hall–Kier alpha value is -1.36. The van der Waals surface area contributed by atoms with Crippen molar-refractivity contribution in [1.29, 1.82) is 0 Å². The van der Waals surface area contributed by atoms with E-state index >= 15 is 0 Å². The van der Waals surface area contributed by atoms with Crippen LogP contribution in [0.5, 0.6) is 0 Å². The van der Waals surface area contributed by atoms with Gasteiger partial charge in [-0.15, -0.1) is 0 Å². The molecule has 2 rings (SSSR count). The van der Waals surface area contributed by atoms with E-state index < -0.39 is 0 Å². The second kappa shape index (κ2) is 6.00. The summed E-state index contributed by atoms with van der Waals surface area (Å²) in [6.07, 6.45) is 1.46. The van der Waals surface area contributed by atoms with Crippen molar-refractivity contribution >= 4 is 11.8 Å². The molecule has 0 aromatic carbocycles. The molecule has 2 unspecified atom stereocenters. The molecule has 100 valence electrons. The number of ether oxygens (including phenoxy) is 1. The third-order valence-electron chi connectivity index (χ3n) is 3.27. The molecule has 2 atom stereocenters. The number of hydrogen-bond donors (Lipinski definition) is 2. The summed E-state index contributed by atoms with van der Waals surface area (Å²) in [7, 11) is 0. The van der Waals surface area contributed by atoms with Gasteiger partial charge >= 0.3 is 0 Å². The quantitative estimate of drug-likeness (QED) is 0.837. The van der Waals surface area contributed by atoms with Crippen LogP contribution in [0, 0.1) is 12.8 Å². The fourth-order valence-corrected chi connectivity index (χ4v) is 2.18. The van der Waals surface area contributed by atoms with Crippen LogP contribution < -0.4 is 10.6 Å². The summed E-state index contributed by atoms with van der Waals surface area (Å²) >= 11 is 0. The van der Waals surface area contributed by atoms with Gasteiger partial charge in [-0.2, -0.15) is 4.98 Å². The molecule has 1 aromatic heterocycles. The maximum absolute atomic E-state index is 5.55. The zero-order valence-corrected chi connectivity index (χ0v) is 11.4. The van der Waals surface area contributed by atoms with E-state index in [0.29, 0.717) is 18.0 Å². The molecule has 0 bridgehead atoms. The van der Waals surface area contributed by atoms with Crippen molar-refractivity contribution in [3.05, 3.63) is 11.8 Å². The van der Waals surface area contributed by atoms with Gasteiger partial charge in [-0.1, -0.05) is 0 Å². The minimum Gasteiger partial charge on any atom is -0.378 e. The number of anilines is 2. The Morgan fingerprint density at radius 2 is 2.22 bits per heavy atom. The predicted octanol–water partition coefficient (Wildman–Crippen LogP) is 2.05. The second-order valence-electron chi connectivity index (χ2n) is 4.75. The molecular weight excluding hydrogens is 228 g/mol. The highest BCUT2D eigenvalue weighted by molar-refractivity contribution is 5.42. The summed E-state index contributed by atoms with van der Waals surface area (Å²) in [5.74, 6) is 2.15. The highest BCUT2D eigenvalue weighted by atomic mass is 16.5. The minimum absolute atomic E-state index is 0.341. The monoisotopic (exact) mass is 250 g/mol. The Morgan fingerprint density at radius 3 is 2.89 bits per heavy atom. The van der Waals surface area contributed by atoms with Crippen molar-refractivity contribution in [3.63, 3.8) is 0 Å². The van der Waals surface area contributed by atoms with Crippen molar-refractivity contribution < 1.29 is 4.74 Å². The average Bonchev–Trinajstić information content (AvgIpc) is 2.72. The first-order valence-electron chi connectivity index (χ1n) is 6.64. The van der Waals surface area contributed by atoms with E-state index in [1.54, 1.807) is 0 Å². The highest BCUT2D eigenvalue weighted by Crippen LogP contribution is 2.21. The van der Waals surface area contributed by atoms with Gasteiger partial charge in [-0.25, -0.2) is 4.98 Å². The van der Waals surface area contributed by atoms with Crippen LogP contribution in [0.4, 0.5) is 11.8 Å². The van der Waals surface area contributed by atoms with Crippen LogP contribution in [0.1, 0.15) is 26.0 Å². The molecule has 2 N–H and O–H groups in total. The van der Waals surface area contributed by atoms with Gasteiger partial charge < -0.3 is 15.4 Å². The number of aryl methyl sites for hydroxylation is 1. The smallest absolute Gasteiger partial charge is 0.224 e. The molecule has 2 heterocycles. The highest BCUT2D eigenvalue weighted by Gasteiger charge is 2.23. The van der Waals surface area contributed by atoms with Crippen molar-refractivity contribution in [2.75, 3.05) is 30.3 Å². The third-order valence-corrected chi connectivity index (χ3v) is 3.27. The van der Waals surface area contributed by atoms with Crippen LogP contribution in [0.15, 0.2) is 6.07 Å². The lowest BCUT2D eigenvalue weighted by molar-refractivity contribution is 0.108. The lowest BCUT2D eigenvalue weighted by Crippen LogP contribution is -2.21. The second-order valence-corrected chi connectivity index (χ2v) is 4.75. The fourth-order valence-electron chi connectivity index (χ4n) is 2.18. The molecule has 1 aliphatic heterocycles. The Kier molecular flexibility index (Phi) is 4.36. The standard InChI is InChI=1S/C13H22N4O/c1-4-14-13-16-9(2)7-12(17-13)15-8-11-5-6-18-10(11)3/h7,10-11H,4-6,8H2,1-3H3,(H2,14,15,16,17). The molecule has 0 spiro atoms. The molecule has 1 saturated heterocycles. The van der Waals surface area contributed by atoms with Crippen LogP contribution in [-0.2, 0) is 4.74 Å². The van der Waals surface area contributed by atoms with E-state index in [9.17, 15) is 0 Å². The van der Waals surface area contributed by atoms with Crippen molar-refractivity contribution in [1.82, 2.24) is 9.97 Å². The average molecular weight is 250 g/mol. The van der Waals surface area contributed by atoms with E-state index in [2.05, 4.69) is 27.5 Å². The van der Waals surface area contributed by atoms with Gasteiger partial charge in [0.05, 0.1) is 6.10 Å². The topological polar surface area (TPSA) is 59.1 Å². The van der Waals surface area contributed by atoms with Crippen molar-refractivity contribution in [2.24, 2.45) is 5.92 Å². The maximum Gasteiger partial charge on any atom is 0.224 e. The lowest BCUT2D eigenvalue weighted by Gasteiger charge is -2.15.